The quantitative estimate of drug-likeness (QED) is 0.714. The molecule has 0 unspecified atom stereocenters. The summed E-state index contributed by atoms with van der Waals surface area (Å²) in [4.78, 5) is 17.2. The molecule has 0 saturated carbocycles. The van der Waals surface area contributed by atoms with Crippen molar-refractivity contribution in [3.8, 4) is 0 Å². The molecule has 2 aliphatic rings. The van der Waals surface area contributed by atoms with Crippen LogP contribution in [0.1, 0.15) is 66.2 Å². The van der Waals surface area contributed by atoms with E-state index in [1.54, 1.807) is 0 Å². The van der Waals surface area contributed by atoms with E-state index in [1.165, 1.54) is 45.3 Å². The Morgan fingerprint density at radius 3 is 2.18 bits per heavy atom. The number of carbonyl (C=O) groups excluding carboxylic acids is 1. The van der Waals surface area contributed by atoms with E-state index in [4.69, 9.17) is 0 Å². The van der Waals surface area contributed by atoms with Gasteiger partial charge in [-0.25, -0.2) is 0 Å². The first-order valence-electron chi connectivity index (χ1n) is 9.51. The molecule has 0 atom stereocenters. The molecule has 2 aliphatic heterocycles. The van der Waals surface area contributed by atoms with Crippen molar-refractivity contribution in [3.05, 3.63) is 0 Å². The highest BCUT2D eigenvalue weighted by molar-refractivity contribution is 5.79. The van der Waals surface area contributed by atoms with Gasteiger partial charge in [-0.1, -0.05) is 27.7 Å². The molecule has 1 spiro atoms. The van der Waals surface area contributed by atoms with Crippen LogP contribution in [0.2, 0.25) is 0 Å². The maximum Gasteiger partial charge on any atom is 0.225 e. The number of hydrogen-bond acceptors (Lipinski definition) is 2. The summed E-state index contributed by atoms with van der Waals surface area (Å²) in [6, 6.07) is 0. The Labute approximate surface area is 137 Å². The second-order valence-corrected chi connectivity index (χ2v) is 8.09. The highest BCUT2D eigenvalue weighted by atomic mass is 16.2. The minimum absolute atomic E-state index is 0.258. The average Bonchev–Trinajstić information content (AvgIpc) is 2.46. The molecular formula is C19H36N2O. The predicted molar refractivity (Wildman–Crippen MR) is 92.8 cm³/mol. The van der Waals surface area contributed by atoms with E-state index in [0.29, 0.717) is 11.3 Å². The molecule has 0 aromatic carbocycles. The zero-order valence-corrected chi connectivity index (χ0v) is 15.2. The zero-order valence-electron chi connectivity index (χ0n) is 15.2. The molecule has 2 heterocycles. The van der Waals surface area contributed by atoms with Gasteiger partial charge >= 0.3 is 0 Å². The number of likely N-dealkylation sites (tertiary alicyclic amines) is 2. The molecule has 1 amide bonds. The molecular weight excluding hydrogens is 272 g/mol. The van der Waals surface area contributed by atoms with Crippen LogP contribution >= 0.6 is 0 Å². The molecule has 0 radical (unpaired) electrons. The first-order chi connectivity index (χ1) is 10.5. The average molecular weight is 309 g/mol. The van der Waals surface area contributed by atoms with Crippen LogP contribution in [0.4, 0.5) is 0 Å². The maximum atomic E-state index is 12.4. The van der Waals surface area contributed by atoms with E-state index >= 15 is 0 Å². The van der Waals surface area contributed by atoms with Crippen molar-refractivity contribution in [2.45, 2.75) is 66.2 Å². The van der Waals surface area contributed by atoms with Gasteiger partial charge in [-0.15, -0.1) is 0 Å². The van der Waals surface area contributed by atoms with E-state index in [2.05, 4.69) is 37.5 Å². The van der Waals surface area contributed by atoms with Gasteiger partial charge in [0.15, 0.2) is 0 Å². The fraction of sp³-hybridized carbons (Fsp3) is 0.947. The summed E-state index contributed by atoms with van der Waals surface area (Å²) < 4.78 is 0. The predicted octanol–water partition coefficient (Wildman–Crippen LogP) is 3.78. The maximum absolute atomic E-state index is 12.4. The van der Waals surface area contributed by atoms with Crippen LogP contribution < -0.4 is 0 Å². The van der Waals surface area contributed by atoms with Crippen LogP contribution in [0, 0.1) is 17.3 Å². The lowest BCUT2D eigenvalue weighted by Crippen LogP contribution is -2.62. The smallest absolute Gasteiger partial charge is 0.225 e. The van der Waals surface area contributed by atoms with Crippen LogP contribution in [0.15, 0.2) is 0 Å². The van der Waals surface area contributed by atoms with Gasteiger partial charge in [0.2, 0.25) is 5.91 Å². The molecule has 0 aromatic heterocycles. The Balaban J connectivity index is 1.69. The summed E-state index contributed by atoms with van der Waals surface area (Å²) in [5.74, 6) is 1.50. The van der Waals surface area contributed by atoms with Gasteiger partial charge in [-0.05, 0) is 64.1 Å². The monoisotopic (exact) mass is 308 g/mol. The highest BCUT2D eigenvalue weighted by Crippen LogP contribution is 2.41. The molecule has 2 saturated heterocycles. The van der Waals surface area contributed by atoms with Crippen LogP contribution in [-0.4, -0.2) is 48.4 Å². The standard InChI is InChI=1S/C19H36N2O/c1-5-17(6-2)18(22)21-14-19(15-21)9-12-20(13-10-19)11-7-8-16(3)4/h16-17H,5-15H2,1-4H3. The van der Waals surface area contributed by atoms with Crippen molar-refractivity contribution in [3.63, 3.8) is 0 Å². The number of rotatable bonds is 7. The lowest BCUT2D eigenvalue weighted by Gasteiger charge is -2.54. The highest BCUT2D eigenvalue weighted by Gasteiger charge is 2.47. The van der Waals surface area contributed by atoms with E-state index in [0.717, 1.165) is 31.8 Å². The van der Waals surface area contributed by atoms with Crippen molar-refractivity contribution in [2.24, 2.45) is 17.3 Å². The Hall–Kier alpha value is -0.570. The van der Waals surface area contributed by atoms with E-state index in [1.807, 2.05) is 0 Å². The van der Waals surface area contributed by atoms with Crippen molar-refractivity contribution in [2.75, 3.05) is 32.7 Å². The Kier molecular flexibility index (Phi) is 6.31. The zero-order chi connectivity index (χ0) is 16.2. The molecule has 0 N–H and O–H groups in total. The van der Waals surface area contributed by atoms with E-state index < -0.39 is 0 Å². The number of hydrogen-bond donors (Lipinski definition) is 0. The van der Waals surface area contributed by atoms with Gasteiger partial charge in [0, 0.05) is 24.4 Å². The molecule has 0 aromatic rings. The molecule has 2 fully saturated rings. The first-order valence-corrected chi connectivity index (χ1v) is 9.51. The topological polar surface area (TPSA) is 23.6 Å². The van der Waals surface area contributed by atoms with Gasteiger partial charge < -0.3 is 9.80 Å². The third-order valence-corrected chi connectivity index (χ3v) is 5.87. The van der Waals surface area contributed by atoms with Gasteiger partial charge in [0.25, 0.3) is 0 Å². The largest absolute Gasteiger partial charge is 0.341 e. The van der Waals surface area contributed by atoms with Crippen molar-refractivity contribution < 1.29 is 4.79 Å². The third-order valence-electron chi connectivity index (χ3n) is 5.87. The van der Waals surface area contributed by atoms with Crippen LogP contribution in [0.3, 0.4) is 0 Å². The molecule has 22 heavy (non-hydrogen) atoms. The molecule has 3 nitrogen and oxygen atoms in total. The van der Waals surface area contributed by atoms with Crippen LogP contribution in [0.25, 0.3) is 0 Å². The Morgan fingerprint density at radius 1 is 1.09 bits per heavy atom. The summed E-state index contributed by atoms with van der Waals surface area (Å²) in [7, 11) is 0. The van der Waals surface area contributed by atoms with Crippen LogP contribution in [-0.2, 0) is 4.79 Å². The Morgan fingerprint density at radius 2 is 1.68 bits per heavy atom. The molecule has 2 rings (SSSR count). The molecule has 3 heteroatoms. The molecule has 0 aliphatic carbocycles. The summed E-state index contributed by atoms with van der Waals surface area (Å²) in [5.41, 5.74) is 0.468. The fourth-order valence-electron chi connectivity index (χ4n) is 4.11. The van der Waals surface area contributed by atoms with Gasteiger partial charge in [-0.3, -0.25) is 4.79 Å². The summed E-state index contributed by atoms with van der Waals surface area (Å²) in [5, 5.41) is 0. The summed E-state index contributed by atoms with van der Waals surface area (Å²) in [6.45, 7) is 14.7. The number of amides is 1. The second kappa shape index (κ2) is 7.81. The SMILES string of the molecule is CCC(CC)C(=O)N1CC2(CCN(CCCC(C)C)CC2)C1. The van der Waals surface area contributed by atoms with Crippen molar-refractivity contribution in [1.29, 1.82) is 0 Å². The van der Waals surface area contributed by atoms with Crippen molar-refractivity contribution >= 4 is 5.91 Å². The third kappa shape index (κ3) is 4.24. The van der Waals surface area contributed by atoms with E-state index in [9.17, 15) is 4.79 Å². The number of carbonyl (C=O) groups is 1. The lowest BCUT2D eigenvalue weighted by molar-refractivity contribution is -0.151. The van der Waals surface area contributed by atoms with Gasteiger partial charge in [0.05, 0.1) is 0 Å². The lowest BCUT2D eigenvalue weighted by atomic mass is 9.71. The van der Waals surface area contributed by atoms with Gasteiger partial charge in [0.1, 0.15) is 0 Å². The van der Waals surface area contributed by atoms with Crippen molar-refractivity contribution in [1.82, 2.24) is 9.80 Å². The van der Waals surface area contributed by atoms with Gasteiger partial charge in [-0.2, -0.15) is 0 Å². The van der Waals surface area contributed by atoms with E-state index in [-0.39, 0.29) is 5.92 Å². The summed E-state index contributed by atoms with van der Waals surface area (Å²) in [6.07, 6.45) is 7.25. The number of nitrogens with zero attached hydrogens (tertiary/aromatic N) is 2. The second-order valence-electron chi connectivity index (χ2n) is 8.09. The fourth-order valence-corrected chi connectivity index (χ4v) is 4.11. The Bertz CT molecular complexity index is 346. The molecule has 0 bridgehead atoms. The summed E-state index contributed by atoms with van der Waals surface area (Å²) >= 11 is 0. The number of piperidine rings is 1. The van der Waals surface area contributed by atoms with Crippen LogP contribution in [0.5, 0.6) is 0 Å². The first kappa shape index (κ1) is 17.8. The normalized spacial score (nSPS) is 21.6. The minimum Gasteiger partial charge on any atom is -0.341 e. The molecule has 128 valence electrons. The minimum atomic E-state index is 0.258.